The second kappa shape index (κ2) is 8.47. The summed E-state index contributed by atoms with van der Waals surface area (Å²) in [5.41, 5.74) is 0.402. The van der Waals surface area contributed by atoms with Gasteiger partial charge in [-0.15, -0.1) is 0 Å². The number of carbonyl (C=O) groups is 3. The predicted octanol–water partition coefficient (Wildman–Crippen LogP) is 4.24. The Kier molecular flexibility index (Phi) is 6.07. The third-order valence-electron chi connectivity index (χ3n) is 5.41. The smallest absolute Gasteiger partial charge is 0.311 e. The Hall–Kier alpha value is -2.17. The first-order chi connectivity index (χ1) is 12.6. The Morgan fingerprint density at radius 1 is 1.04 bits per heavy atom. The van der Waals surface area contributed by atoms with Gasteiger partial charge in [-0.05, 0) is 31.4 Å². The van der Waals surface area contributed by atoms with E-state index in [1.165, 1.54) is 4.90 Å². The van der Waals surface area contributed by atoms with Crippen LogP contribution in [0.15, 0.2) is 24.3 Å². The molecular formula is C21H27NO4. The minimum atomic E-state index is -0.315. The first-order valence-electron chi connectivity index (χ1n) is 9.81. The number of nitrogens with zero attached hydrogens (tertiary/aromatic N) is 1. The molecule has 1 aliphatic carbocycles. The van der Waals surface area contributed by atoms with E-state index in [0.717, 1.165) is 51.4 Å². The maximum atomic E-state index is 12.8. The molecule has 0 aromatic heterocycles. The molecule has 0 bridgehead atoms. The Bertz CT molecular complexity index is 660. The number of hydrogen-bond donors (Lipinski definition) is 0. The maximum Gasteiger partial charge on any atom is 0.311 e. The predicted molar refractivity (Wildman–Crippen MR) is 98.8 cm³/mol. The minimum absolute atomic E-state index is 0.147. The number of carbonyl (C=O) groups excluding carboxylic acids is 3. The van der Waals surface area contributed by atoms with Crippen LogP contribution in [0.1, 0.15) is 64.7 Å². The number of fused-ring (bicyclic) bond motifs is 1. The standard InChI is InChI=1S/C21H27NO4/c1-2-3-4-5-14-19(23)26-18-13-9-8-12-17(18)22-20(24)15-10-6-7-11-16(15)21(22)25/h8-9,12-13,15-16H,2-7,10-11,14H2,1H3/t15-,16-/m1/s1. The fraction of sp³-hybridized carbons (Fsp3) is 0.571. The summed E-state index contributed by atoms with van der Waals surface area (Å²) in [7, 11) is 0. The van der Waals surface area contributed by atoms with Gasteiger partial charge in [-0.25, -0.2) is 4.90 Å². The number of amides is 2. The van der Waals surface area contributed by atoms with E-state index in [-0.39, 0.29) is 29.6 Å². The largest absolute Gasteiger partial charge is 0.424 e. The van der Waals surface area contributed by atoms with Gasteiger partial charge < -0.3 is 4.74 Å². The normalized spacial score (nSPS) is 22.4. The van der Waals surface area contributed by atoms with Crippen LogP contribution in [0.5, 0.6) is 5.75 Å². The number of ether oxygens (including phenoxy) is 1. The van der Waals surface area contributed by atoms with E-state index in [9.17, 15) is 14.4 Å². The molecule has 1 aliphatic heterocycles. The lowest BCUT2D eigenvalue weighted by Crippen LogP contribution is -2.31. The van der Waals surface area contributed by atoms with Gasteiger partial charge in [0.15, 0.2) is 5.75 Å². The van der Waals surface area contributed by atoms with E-state index in [4.69, 9.17) is 4.74 Å². The fourth-order valence-electron chi connectivity index (χ4n) is 4.00. The summed E-state index contributed by atoms with van der Waals surface area (Å²) in [4.78, 5) is 39.0. The molecule has 2 aliphatic rings. The molecule has 5 nitrogen and oxygen atoms in total. The molecule has 0 N–H and O–H groups in total. The molecule has 0 unspecified atom stereocenters. The number of imide groups is 1. The molecule has 1 saturated heterocycles. The maximum absolute atomic E-state index is 12.8. The van der Waals surface area contributed by atoms with E-state index in [1.807, 2.05) is 0 Å². The highest BCUT2D eigenvalue weighted by molar-refractivity contribution is 6.22. The lowest BCUT2D eigenvalue weighted by Gasteiger charge is -2.19. The molecule has 5 heteroatoms. The van der Waals surface area contributed by atoms with Crippen molar-refractivity contribution in [2.75, 3.05) is 4.90 Å². The van der Waals surface area contributed by atoms with Crippen molar-refractivity contribution < 1.29 is 19.1 Å². The van der Waals surface area contributed by atoms with Gasteiger partial charge in [0.05, 0.1) is 17.5 Å². The van der Waals surface area contributed by atoms with Crippen LogP contribution in [0.2, 0.25) is 0 Å². The number of hydrogen-bond acceptors (Lipinski definition) is 4. The van der Waals surface area contributed by atoms with Crippen LogP contribution in [0, 0.1) is 11.8 Å². The van der Waals surface area contributed by atoms with Gasteiger partial charge in [0.1, 0.15) is 0 Å². The number of rotatable bonds is 7. The summed E-state index contributed by atoms with van der Waals surface area (Å²) in [6.07, 6.45) is 7.87. The van der Waals surface area contributed by atoms with E-state index < -0.39 is 0 Å². The highest BCUT2D eigenvalue weighted by Gasteiger charge is 2.49. The molecule has 140 valence electrons. The number of unbranched alkanes of at least 4 members (excludes halogenated alkanes) is 3. The average Bonchev–Trinajstić information content (AvgIpc) is 2.91. The van der Waals surface area contributed by atoms with Crippen LogP contribution in [-0.2, 0) is 14.4 Å². The Labute approximate surface area is 154 Å². The number of anilines is 1. The number of benzene rings is 1. The van der Waals surface area contributed by atoms with Crippen molar-refractivity contribution in [1.29, 1.82) is 0 Å². The fourth-order valence-corrected chi connectivity index (χ4v) is 4.00. The van der Waals surface area contributed by atoms with Crippen molar-refractivity contribution >= 4 is 23.5 Å². The summed E-state index contributed by atoms with van der Waals surface area (Å²) in [6.45, 7) is 2.12. The molecule has 2 amide bonds. The molecule has 26 heavy (non-hydrogen) atoms. The van der Waals surface area contributed by atoms with Gasteiger partial charge in [-0.3, -0.25) is 14.4 Å². The summed E-state index contributed by atoms with van der Waals surface area (Å²) < 4.78 is 5.50. The molecule has 2 atom stereocenters. The Morgan fingerprint density at radius 3 is 2.35 bits per heavy atom. The van der Waals surface area contributed by atoms with Gasteiger partial charge >= 0.3 is 5.97 Å². The SMILES string of the molecule is CCCCCCC(=O)Oc1ccccc1N1C(=O)[C@@H]2CCCC[C@H]2C1=O. The summed E-state index contributed by atoms with van der Waals surface area (Å²) >= 11 is 0. The van der Waals surface area contributed by atoms with Crippen LogP contribution < -0.4 is 9.64 Å². The third-order valence-corrected chi connectivity index (χ3v) is 5.41. The Balaban J connectivity index is 1.74. The van der Waals surface area contributed by atoms with Gasteiger partial charge in [-0.1, -0.05) is 51.2 Å². The van der Waals surface area contributed by atoms with Crippen LogP contribution >= 0.6 is 0 Å². The molecule has 0 radical (unpaired) electrons. The molecule has 1 saturated carbocycles. The molecule has 3 rings (SSSR count). The van der Waals surface area contributed by atoms with Crippen molar-refractivity contribution in [3.05, 3.63) is 24.3 Å². The lowest BCUT2D eigenvalue weighted by molar-refractivity contribution is -0.134. The summed E-state index contributed by atoms with van der Waals surface area (Å²) in [5, 5.41) is 0. The molecule has 1 aromatic rings. The molecule has 2 fully saturated rings. The van der Waals surface area contributed by atoms with Gasteiger partial charge in [0.25, 0.3) is 0 Å². The zero-order valence-corrected chi connectivity index (χ0v) is 15.4. The minimum Gasteiger partial charge on any atom is -0.424 e. The van der Waals surface area contributed by atoms with E-state index in [0.29, 0.717) is 17.9 Å². The van der Waals surface area contributed by atoms with Crippen molar-refractivity contribution in [2.24, 2.45) is 11.8 Å². The van der Waals surface area contributed by atoms with Gasteiger partial charge in [-0.2, -0.15) is 0 Å². The molecule has 1 heterocycles. The van der Waals surface area contributed by atoms with E-state index in [1.54, 1.807) is 24.3 Å². The first kappa shape index (κ1) is 18.6. The van der Waals surface area contributed by atoms with Crippen LogP contribution in [0.3, 0.4) is 0 Å². The topological polar surface area (TPSA) is 63.7 Å². The van der Waals surface area contributed by atoms with Crippen molar-refractivity contribution in [3.63, 3.8) is 0 Å². The Morgan fingerprint density at radius 2 is 1.69 bits per heavy atom. The van der Waals surface area contributed by atoms with Gasteiger partial charge in [0, 0.05) is 6.42 Å². The lowest BCUT2D eigenvalue weighted by atomic mass is 9.81. The van der Waals surface area contributed by atoms with Crippen molar-refractivity contribution in [3.8, 4) is 5.75 Å². The van der Waals surface area contributed by atoms with E-state index in [2.05, 4.69) is 6.92 Å². The second-order valence-electron chi connectivity index (χ2n) is 7.26. The zero-order chi connectivity index (χ0) is 18.5. The number of esters is 1. The summed E-state index contributed by atoms with van der Waals surface area (Å²) in [5.74, 6) is -0.737. The monoisotopic (exact) mass is 357 g/mol. The van der Waals surface area contributed by atoms with Crippen molar-refractivity contribution in [2.45, 2.75) is 64.7 Å². The first-order valence-corrected chi connectivity index (χ1v) is 9.81. The highest BCUT2D eigenvalue weighted by Crippen LogP contribution is 2.42. The van der Waals surface area contributed by atoms with Crippen LogP contribution in [0.4, 0.5) is 5.69 Å². The molecule has 1 aromatic carbocycles. The quantitative estimate of drug-likeness (QED) is 0.317. The highest BCUT2D eigenvalue weighted by atomic mass is 16.5. The zero-order valence-electron chi connectivity index (χ0n) is 15.4. The van der Waals surface area contributed by atoms with Crippen LogP contribution in [0.25, 0.3) is 0 Å². The molecule has 0 spiro atoms. The average molecular weight is 357 g/mol. The van der Waals surface area contributed by atoms with Crippen LogP contribution in [-0.4, -0.2) is 17.8 Å². The van der Waals surface area contributed by atoms with Crippen molar-refractivity contribution in [1.82, 2.24) is 0 Å². The van der Waals surface area contributed by atoms with E-state index >= 15 is 0 Å². The number of para-hydroxylation sites is 2. The third kappa shape index (κ3) is 3.81. The van der Waals surface area contributed by atoms with Gasteiger partial charge in [0.2, 0.25) is 11.8 Å². The second-order valence-corrected chi connectivity index (χ2v) is 7.26. The summed E-state index contributed by atoms with van der Waals surface area (Å²) in [6, 6.07) is 6.85. The molecular weight excluding hydrogens is 330 g/mol.